The van der Waals surface area contributed by atoms with Crippen molar-refractivity contribution in [2.45, 2.75) is 212 Å². The summed E-state index contributed by atoms with van der Waals surface area (Å²) in [6.45, 7) is 4.29. The van der Waals surface area contributed by atoms with E-state index in [0.29, 0.717) is 12.8 Å². The van der Waals surface area contributed by atoms with Crippen molar-refractivity contribution in [3.63, 3.8) is 0 Å². The Hall–Kier alpha value is -0.610. The first-order valence-corrected chi connectivity index (χ1v) is 17.7. The van der Waals surface area contributed by atoms with Gasteiger partial charge in [0.25, 0.3) is 0 Å². The summed E-state index contributed by atoms with van der Waals surface area (Å²) >= 11 is 0. The number of aliphatic hydroxyl groups excluding tert-OH is 2. The topological polar surface area (TPSA) is 69.6 Å². The summed E-state index contributed by atoms with van der Waals surface area (Å²) in [6, 6.07) is -0.525. The van der Waals surface area contributed by atoms with Gasteiger partial charge in [-0.2, -0.15) is 0 Å². The van der Waals surface area contributed by atoms with Gasteiger partial charge in [-0.3, -0.25) is 4.79 Å². The molecule has 0 spiro atoms. The van der Waals surface area contributed by atoms with Crippen LogP contribution < -0.4 is 5.32 Å². The Labute approximate surface area is 244 Å². The second kappa shape index (κ2) is 31.9. The lowest BCUT2D eigenvalue weighted by Crippen LogP contribution is -2.45. The highest BCUT2D eigenvalue weighted by atomic mass is 16.3. The van der Waals surface area contributed by atoms with Crippen LogP contribution in [0.1, 0.15) is 200 Å². The third-order valence-electron chi connectivity index (χ3n) is 8.37. The maximum absolute atomic E-state index is 12.2. The number of hydrogen-bond acceptors (Lipinski definition) is 3. The van der Waals surface area contributed by atoms with Crippen molar-refractivity contribution in [2.75, 3.05) is 6.61 Å². The fraction of sp³-hybridized carbons (Fsp3) is 0.971. The monoisotopic (exact) mass is 554 g/mol. The lowest BCUT2D eigenvalue weighted by molar-refractivity contribution is -0.123. The molecule has 39 heavy (non-hydrogen) atoms. The highest BCUT2D eigenvalue weighted by Gasteiger charge is 2.19. The Morgan fingerprint density at radius 1 is 0.513 bits per heavy atom. The standard InChI is InChI=1S/C35H71NO3/c1-3-5-7-9-10-11-12-13-14-15-16-17-18-19-20-21-22-23-24-25-27-29-31-35(39)36-33(32-37)34(38)30-28-26-8-6-4-2/h33-34,37-38H,3-32H2,1-2H3,(H,36,39). The molecule has 0 saturated carbocycles. The van der Waals surface area contributed by atoms with Crippen LogP contribution in [0.5, 0.6) is 0 Å². The molecule has 0 radical (unpaired) electrons. The number of unbranched alkanes of at least 4 members (excludes halogenated alkanes) is 25. The number of carbonyl (C=O) groups is 1. The quantitative estimate of drug-likeness (QED) is 0.0726. The number of aliphatic hydroxyl groups is 2. The predicted octanol–water partition coefficient (Wildman–Crippen LogP) is 10.2. The van der Waals surface area contributed by atoms with Crippen molar-refractivity contribution in [3.8, 4) is 0 Å². The minimum absolute atomic E-state index is 0.0350. The van der Waals surface area contributed by atoms with E-state index in [1.807, 2.05) is 0 Å². The summed E-state index contributed by atoms with van der Waals surface area (Å²) in [7, 11) is 0. The van der Waals surface area contributed by atoms with Gasteiger partial charge < -0.3 is 15.5 Å². The Morgan fingerprint density at radius 3 is 1.15 bits per heavy atom. The van der Waals surface area contributed by atoms with E-state index >= 15 is 0 Å². The molecule has 0 rings (SSSR count). The summed E-state index contributed by atoms with van der Waals surface area (Å²) in [5, 5.41) is 22.7. The molecule has 0 aromatic heterocycles. The van der Waals surface area contributed by atoms with Gasteiger partial charge in [-0.15, -0.1) is 0 Å². The van der Waals surface area contributed by atoms with E-state index in [2.05, 4.69) is 19.2 Å². The van der Waals surface area contributed by atoms with Crippen LogP contribution in [0.4, 0.5) is 0 Å². The molecule has 0 aromatic rings. The molecule has 0 fully saturated rings. The second-order valence-electron chi connectivity index (χ2n) is 12.3. The summed E-state index contributed by atoms with van der Waals surface area (Å²) in [5.74, 6) is -0.0350. The Balaban J connectivity index is 3.37. The lowest BCUT2D eigenvalue weighted by Gasteiger charge is -2.22. The van der Waals surface area contributed by atoms with Gasteiger partial charge >= 0.3 is 0 Å². The Morgan fingerprint density at radius 2 is 0.821 bits per heavy atom. The van der Waals surface area contributed by atoms with Crippen LogP contribution in [0.3, 0.4) is 0 Å². The second-order valence-corrected chi connectivity index (χ2v) is 12.3. The first-order valence-electron chi connectivity index (χ1n) is 17.7. The molecule has 0 aliphatic rings. The zero-order chi connectivity index (χ0) is 28.7. The van der Waals surface area contributed by atoms with E-state index in [1.165, 1.54) is 148 Å². The van der Waals surface area contributed by atoms with Gasteiger partial charge in [0.2, 0.25) is 5.91 Å². The normalized spacial score (nSPS) is 13.0. The van der Waals surface area contributed by atoms with Gasteiger partial charge in [-0.05, 0) is 12.8 Å². The average molecular weight is 554 g/mol. The number of rotatable bonds is 32. The smallest absolute Gasteiger partial charge is 0.220 e. The fourth-order valence-electron chi connectivity index (χ4n) is 5.59. The van der Waals surface area contributed by atoms with E-state index in [9.17, 15) is 15.0 Å². The molecule has 234 valence electrons. The predicted molar refractivity (Wildman–Crippen MR) is 170 cm³/mol. The molecular weight excluding hydrogens is 482 g/mol. The summed E-state index contributed by atoms with van der Waals surface area (Å²) in [4.78, 5) is 12.2. The molecule has 2 atom stereocenters. The van der Waals surface area contributed by atoms with E-state index < -0.39 is 12.1 Å². The van der Waals surface area contributed by atoms with Crippen LogP contribution in [0.15, 0.2) is 0 Å². The number of carbonyl (C=O) groups excluding carboxylic acids is 1. The first-order chi connectivity index (χ1) is 19.2. The molecule has 2 unspecified atom stereocenters. The van der Waals surface area contributed by atoms with E-state index in [1.54, 1.807) is 0 Å². The van der Waals surface area contributed by atoms with Gasteiger partial charge in [-0.25, -0.2) is 0 Å². The van der Waals surface area contributed by atoms with E-state index in [4.69, 9.17) is 0 Å². The Bertz CT molecular complexity index is 485. The molecule has 0 aliphatic heterocycles. The van der Waals surface area contributed by atoms with Crippen LogP contribution in [0.2, 0.25) is 0 Å². The zero-order valence-corrected chi connectivity index (χ0v) is 26.7. The van der Waals surface area contributed by atoms with Crippen molar-refractivity contribution in [1.82, 2.24) is 5.32 Å². The highest BCUT2D eigenvalue weighted by Crippen LogP contribution is 2.16. The largest absolute Gasteiger partial charge is 0.394 e. The van der Waals surface area contributed by atoms with Gasteiger partial charge in [0.05, 0.1) is 18.8 Å². The number of nitrogens with one attached hydrogen (secondary N) is 1. The van der Waals surface area contributed by atoms with Crippen LogP contribution in [0.25, 0.3) is 0 Å². The van der Waals surface area contributed by atoms with Gasteiger partial charge in [0.15, 0.2) is 0 Å². The molecule has 4 heteroatoms. The van der Waals surface area contributed by atoms with Crippen molar-refractivity contribution in [3.05, 3.63) is 0 Å². The van der Waals surface area contributed by atoms with Crippen LogP contribution in [-0.4, -0.2) is 34.9 Å². The van der Waals surface area contributed by atoms with Crippen molar-refractivity contribution in [2.24, 2.45) is 0 Å². The first kappa shape index (κ1) is 38.4. The maximum Gasteiger partial charge on any atom is 0.220 e. The molecule has 3 N–H and O–H groups in total. The summed E-state index contributed by atoms with van der Waals surface area (Å²) in [6.07, 6.45) is 36.2. The molecular formula is C35H71NO3. The molecule has 0 aliphatic carbocycles. The van der Waals surface area contributed by atoms with Crippen LogP contribution >= 0.6 is 0 Å². The van der Waals surface area contributed by atoms with Gasteiger partial charge in [-0.1, -0.05) is 181 Å². The van der Waals surface area contributed by atoms with Crippen molar-refractivity contribution < 1.29 is 15.0 Å². The highest BCUT2D eigenvalue weighted by molar-refractivity contribution is 5.76. The molecule has 4 nitrogen and oxygen atoms in total. The summed E-state index contributed by atoms with van der Waals surface area (Å²) < 4.78 is 0. The van der Waals surface area contributed by atoms with Gasteiger partial charge in [0, 0.05) is 6.42 Å². The SMILES string of the molecule is CCCCCCCCCCCCCCCCCCCCCCCCC(=O)NC(CO)C(O)CCCCCCC. The fourth-order valence-corrected chi connectivity index (χ4v) is 5.59. The van der Waals surface area contributed by atoms with E-state index in [-0.39, 0.29) is 12.5 Å². The zero-order valence-electron chi connectivity index (χ0n) is 26.7. The maximum atomic E-state index is 12.2. The lowest BCUT2D eigenvalue weighted by atomic mass is 10.0. The molecule has 0 aromatic carbocycles. The van der Waals surface area contributed by atoms with Crippen LogP contribution in [0, 0.1) is 0 Å². The Kier molecular flexibility index (Phi) is 31.4. The summed E-state index contributed by atoms with van der Waals surface area (Å²) in [5.41, 5.74) is 0. The average Bonchev–Trinajstić information content (AvgIpc) is 2.94. The minimum atomic E-state index is -0.648. The molecule has 0 bridgehead atoms. The molecule has 0 saturated heterocycles. The molecule has 0 heterocycles. The third kappa shape index (κ3) is 28.7. The third-order valence-corrected chi connectivity index (χ3v) is 8.37. The van der Waals surface area contributed by atoms with E-state index in [0.717, 1.165) is 25.7 Å². The van der Waals surface area contributed by atoms with Crippen LogP contribution in [-0.2, 0) is 4.79 Å². The van der Waals surface area contributed by atoms with Crippen molar-refractivity contribution in [1.29, 1.82) is 0 Å². The molecule has 1 amide bonds. The number of hydrogen-bond donors (Lipinski definition) is 3. The van der Waals surface area contributed by atoms with Gasteiger partial charge in [0.1, 0.15) is 0 Å². The number of amides is 1. The van der Waals surface area contributed by atoms with Crippen molar-refractivity contribution >= 4 is 5.91 Å². The minimum Gasteiger partial charge on any atom is -0.394 e.